The molecule has 2 aliphatic rings. The van der Waals surface area contributed by atoms with Gasteiger partial charge in [0.05, 0.1) is 54.5 Å². The Labute approximate surface area is 199 Å². The van der Waals surface area contributed by atoms with Gasteiger partial charge < -0.3 is 15.2 Å². The molecule has 2 fully saturated rings. The number of halogens is 1. The highest BCUT2D eigenvalue weighted by Gasteiger charge is 2.36. The van der Waals surface area contributed by atoms with E-state index in [0.717, 1.165) is 59.6 Å². The Morgan fingerprint density at radius 1 is 1.24 bits per heavy atom. The van der Waals surface area contributed by atoms with E-state index in [0.29, 0.717) is 25.1 Å². The minimum absolute atomic E-state index is 0.129. The third kappa shape index (κ3) is 4.64. The average Bonchev–Trinajstić information content (AvgIpc) is 3.05. The highest BCUT2D eigenvalue weighted by atomic mass is 19.1. The number of benzene rings is 1. The lowest BCUT2D eigenvalue weighted by molar-refractivity contribution is -0.0807. The first-order chi connectivity index (χ1) is 16.2. The van der Waals surface area contributed by atoms with Crippen molar-refractivity contribution >= 4 is 22.5 Å². The van der Waals surface area contributed by atoms with Crippen LogP contribution in [0.5, 0.6) is 0 Å². The number of hydrogen-bond acceptors (Lipinski definition) is 7. The Bertz CT molecular complexity index is 1190. The van der Waals surface area contributed by atoms with Crippen molar-refractivity contribution in [1.29, 1.82) is 0 Å². The van der Waals surface area contributed by atoms with Crippen molar-refractivity contribution in [3.63, 3.8) is 0 Å². The molecule has 3 aromatic rings. The van der Waals surface area contributed by atoms with Crippen LogP contribution in [0, 0.1) is 13.8 Å². The van der Waals surface area contributed by atoms with E-state index in [2.05, 4.69) is 26.4 Å². The molecule has 34 heavy (non-hydrogen) atoms. The SMILES string of the molecule is Cc1cc2cnc(Nc3cnn(CC(C)(C)O)c3C)nc2cc1C1CCN(C2COC2)CC1F. The zero-order chi connectivity index (χ0) is 24.0. The minimum Gasteiger partial charge on any atom is -0.389 e. The first-order valence-electron chi connectivity index (χ1n) is 11.9. The molecule has 2 atom stereocenters. The standard InChI is InChI=1S/C25H33FN6O2/c1-15-7-17-9-27-24(30-23-10-28-32(16(23)2)14-25(3,4)33)29-22(17)8-20(15)19-5-6-31(11-21(19)26)18-12-34-13-18/h7-10,18-19,21,33H,5-6,11-14H2,1-4H3,(H,27,29,30). The first kappa shape index (κ1) is 23.1. The Hall–Kier alpha value is -2.62. The lowest BCUT2D eigenvalue weighted by atomic mass is 9.84. The zero-order valence-corrected chi connectivity index (χ0v) is 20.3. The molecule has 0 amide bonds. The Balaban J connectivity index is 1.37. The highest BCUT2D eigenvalue weighted by molar-refractivity contribution is 5.81. The second-order valence-corrected chi connectivity index (χ2v) is 10.3. The van der Waals surface area contributed by atoms with Crippen LogP contribution in [-0.2, 0) is 11.3 Å². The highest BCUT2D eigenvalue weighted by Crippen LogP contribution is 2.35. The first-order valence-corrected chi connectivity index (χ1v) is 11.9. The number of fused-ring (bicyclic) bond motifs is 1. The fraction of sp³-hybridized carbons (Fsp3) is 0.560. The summed E-state index contributed by atoms with van der Waals surface area (Å²) in [5, 5.41) is 18.6. The lowest BCUT2D eigenvalue weighted by Crippen LogP contribution is -2.54. The molecule has 2 aliphatic heterocycles. The zero-order valence-electron chi connectivity index (χ0n) is 20.3. The number of nitrogens with one attached hydrogen (secondary N) is 1. The third-order valence-corrected chi connectivity index (χ3v) is 6.96. The van der Waals surface area contributed by atoms with Gasteiger partial charge in [0.15, 0.2) is 0 Å². The summed E-state index contributed by atoms with van der Waals surface area (Å²) in [5.41, 5.74) is 3.71. The number of aliphatic hydroxyl groups is 1. The van der Waals surface area contributed by atoms with Crippen molar-refractivity contribution in [2.75, 3.05) is 31.6 Å². The Morgan fingerprint density at radius 3 is 2.71 bits per heavy atom. The van der Waals surface area contributed by atoms with Crippen LogP contribution >= 0.6 is 0 Å². The van der Waals surface area contributed by atoms with Crippen molar-refractivity contribution in [1.82, 2.24) is 24.6 Å². The molecular formula is C25H33FN6O2. The van der Waals surface area contributed by atoms with Gasteiger partial charge in [0.2, 0.25) is 5.95 Å². The quantitative estimate of drug-likeness (QED) is 0.573. The van der Waals surface area contributed by atoms with E-state index in [-0.39, 0.29) is 5.92 Å². The van der Waals surface area contributed by atoms with E-state index >= 15 is 4.39 Å². The second kappa shape index (κ2) is 8.87. The molecule has 2 N–H and O–H groups in total. The van der Waals surface area contributed by atoms with E-state index < -0.39 is 11.8 Å². The van der Waals surface area contributed by atoms with E-state index in [1.54, 1.807) is 30.9 Å². The van der Waals surface area contributed by atoms with Crippen LogP contribution < -0.4 is 5.32 Å². The van der Waals surface area contributed by atoms with Gasteiger partial charge >= 0.3 is 0 Å². The number of ether oxygens (including phenoxy) is 1. The number of nitrogens with zero attached hydrogens (tertiary/aromatic N) is 5. The molecule has 0 radical (unpaired) electrons. The normalized spacial score (nSPS) is 22.2. The van der Waals surface area contributed by atoms with Crippen molar-refractivity contribution in [2.24, 2.45) is 0 Å². The van der Waals surface area contributed by atoms with Crippen LogP contribution in [0.3, 0.4) is 0 Å². The van der Waals surface area contributed by atoms with Gasteiger partial charge in [-0.1, -0.05) is 0 Å². The van der Waals surface area contributed by atoms with Gasteiger partial charge in [0, 0.05) is 24.0 Å². The van der Waals surface area contributed by atoms with Gasteiger partial charge in [-0.25, -0.2) is 14.4 Å². The van der Waals surface area contributed by atoms with Gasteiger partial charge in [-0.15, -0.1) is 0 Å². The summed E-state index contributed by atoms with van der Waals surface area (Å²) in [5.74, 6) is 0.333. The summed E-state index contributed by atoms with van der Waals surface area (Å²) < 4.78 is 22.3. The monoisotopic (exact) mass is 468 g/mol. The predicted octanol–water partition coefficient (Wildman–Crippen LogP) is 3.48. The van der Waals surface area contributed by atoms with Crippen molar-refractivity contribution < 1.29 is 14.2 Å². The van der Waals surface area contributed by atoms with Crippen LogP contribution in [0.25, 0.3) is 10.9 Å². The topological polar surface area (TPSA) is 88.3 Å². The molecule has 1 aromatic carbocycles. The van der Waals surface area contributed by atoms with Gasteiger partial charge in [0.25, 0.3) is 0 Å². The third-order valence-electron chi connectivity index (χ3n) is 6.96. The molecule has 8 nitrogen and oxygen atoms in total. The predicted molar refractivity (Wildman–Crippen MR) is 129 cm³/mol. The van der Waals surface area contributed by atoms with Crippen LogP contribution in [0.15, 0.2) is 24.5 Å². The van der Waals surface area contributed by atoms with E-state index in [4.69, 9.17) is 9.72 Å². The van der Waals surface area contributed by atoms with Crippen LogP contribution in [0.2, 0.25) is 0 Å². The minimum atomic E-state index is -0.908. The number of anilines is 2. The molecule has 2 saturated heterocycles. The van der Waals surface area contributed by atoms with E-state index in [9.17, 15) is 5.11 Å². The molecular weight excluding hydrogens is 435 g/mol. The number of alkyl halides is 1. The van der Waals surface area contributed by atoms with Crippen LogP contribution in [-0.4, -0.2) is 73.9 Å². The molecule has 0 spiro atoms. The van der Waals surface area contributed by atoms with Crippen LogP contribution in [0.4, 0.5) is 16.0 Å². The summed E-state index contributed by atoms with van der Waals surface area (Å²) >= 11 is 0. The average molecular weight is 469 g/mol. The van der Waals surface area contributed by atoms with Crippen LogP contribution in [0.1, 0.15) is 43.0 Å². The number of likely N-dealkylation sites (tertiary alicyclic amines) is 1. The molecule has 2 aromatic heterocycles. The number of rotatable bonds is 6. The van der Waals surface area contributed by atoms with E-state index in [1.165, 1.54) is 0 Å². The molecule has 0 bridgehead atoms. The number of hydrogen-bond donors (Lipinski definition) is 2. The number of piperidine rings is 1. The number of aryl methyl sites for hydroxylation is 1. The van der Waals surface area contributed by atoms with Gasteiger partial charge in [-0.05, 0) is 63.9 Å². The summed E-state index contributed by atoms with van der Waals surface area (Å²) in [6.07, 6.45) is 3.39. The summed E-state index contributed by atoms with van der Waals surface area (Å²) in [6, 6.07) is 4.45. The summed E-state index contributed by atoms with van der Waals surface area (Å²) in [6.45, 7) is 10.7. The van der Waals surface area contributed by atoms with Gasteiger partial charge in [-0.3, -0.25) is 9.58 Å². The summed E-state index contributed by atoms with van der Waals surface area (Å²) in [4.78, 5) is 11.4. The van der Waals surface area contributed by atoms with E-state index in [1.807, 2.05) is 19.9 Å². The lowest BCUT2D eigenvalue weighted by Gasteiger charge is -2.43. The molecule has 0 saturated carbocycles. The molecule has 182 valence electrons. The van der Waals surface area contributed by atoms with Gasteiger partial charge in [-0.2, -0.15) is 5.10 Å². The van der Waals surface area contributed by atoms with Crippen molar-refractivity contribution in [2.45, 2.75) is 64.4 Å². The molecule has 2 unspecified atom stereocenters. The van der Waals surface area contributed by atoms with Gasteiger partial charge in [0.1, 0.15) is 6.17 Å². The summed E-state index contributed by atoms with van der Waals surface area (Å²) in [7, 11) is 0. The maximum absolute atomic E-state index is 15.3. The Morgan fingerprint density at radius 2 is 2.03 bits per heavy atom. The largest absolute Gasteiger partial charge is 0.389 e. The maximum Gasteiger partial charge on any atom is 0.227 e. The molecule has 4 heterocycles. The maximum atomic E-state index is 15.3. The fourth-order valence-corrected chi connectivity index (χ4v) is 4.93. The number of aromatic nitrogens is 4. The molecule has 9 heteroatoms. The molecule has 5 rings (SSSR count). The smallest absolute Gasteiger partial charge is 0.227 e. The van der Waals surface area contributed by atoms with Crippen molar-refractivity contribution in [3.05, 3.63) is 41.3 Å². The second-order valence-electron chi connectivity index (χ2n) is 10.3. The molecule has 0 aliphatic carbocycles. The fourth-order valence-electron chi connectivity index (χ4n) is 4.93. The Kier molecular flexibility index (Phi) is 6.03. The van der Waals surface area contributed by atoms with Crippen molar-refractivity contribution in [3.8, 4) is 0 Å².